The Morgan fingerprint density at radius 3 is 2.67 bits per heavy atom. The monoisotopic (exact) mass is 373 g/mol. The van der Waals surface area contributed by atoms with Crippen molar-refractivity contribution in [2.45, 2.75) is 57.4 Å². The number of amides is 2. The summed E-state index contributed by atoms with van der Waals surface area (Å²) in [5.41, 5.74) is 1.20. The lowest BCUT2D eigenvalue weighted by Gasteiger charge is -2.30. The number of hydrogen-bond acceptors (Lipinski definition) is 3. The highest BCUT2D eigenvalue weighted by Crippen LogP contribution is 2.27. The number of nitrogens with one attached hydrogen (secondary N) is 1. The summed E-state index contributed by atoms with van der Waals surface area (Å²) in [5, 5.41) is 3.19. The molecule has 0 spiro atoms. The predicted molar refractivity (Wildman–Crippen MR) is 111 cm³/mol. The topological polar surface area (TPSA) is 44.8 Å². The van der Waals surface area contributed by atoms with Crippen LogP contribution in [0.15, 0.2) is 24.3 Å². The summed E-state index contributed by atoms with van der Waals surface area (Å²) in [6.45, 7) is 2.78. The molecule has 0 bridgehead atoms. The molecule has 5 nitrogen and oxygen atoms in total. The number of carbonyl (C=O) groups excluding carboxylic acids is 1. The molecule has 3 rings (SSSR count). The smallest absolute Gasteiger partial charge is 0.317 e. The Hall–Kier alpha value is -1.91. The second-order valence-corrected chi connectivity index (χ2v) is 8.10. The molecular weight excluding hydrogens is 338 g/mol. The second kappa shape index (κ2) is 9.86. The van der Waals surface area contributed by atoms with Crippen molar-refractivity contribution in [3.63, 3.8) is 0 Å². The molecule has 150 valence electrons. The molecule has 1 aliphatic carbocycles. The summed E-state index contributed by atoms with van der Waals surface area (Å²) >= 11 is 0. The van der Waals surface area contributed by atoms with E-state index in [0.717, 1.165) is 44.6 Å². The van der Waals surface area contributed by atoms with Gasteiger partial charge in [0.2, 0.25) is 0 Å². The highest BCUT2D eigenvalue weighted by molar-refractivity contribution is 5.74. The van der Waals surface area contributed by atoms with E-state index in [1.165, 1.54) is 37.8 Å². The largest absolute Gasteiger partial charge is 0.497 e. The van der Waals surface area contributed by atoms with E-state index in [4.69, 9.17) is 4.74 Å². The summed E-state index contributed by atoms with van der Waals surface area (Å²) in [4.78, 5) is 17.0. The van der Waals surface area contributed by atoms with E-state index in [-0.39, 0.29) is 6.03 Å². The van der Waals surface area contributed by atoms with E-state index >= 15 is 0 Å². The van der Waals surface area contributed by atoms with Crippen LogP contribution in [0.1, 0.15) is 51.4 Å². The minimum atomic E-state index is 0.0976. The molecule has 1 atom stereocenters. The van der Waals surface area contributed by atoms with Crippen LogP contribution in [-0.2, 0) is 0 Å². The Kier molecular flexibility index (Phi) is 7.25. The van der Waals surface area contributed by atoms with Gasteiger partial charge in [0.05, 0.1) is 7.11 Å². The third-order valence-electron chi connectivity index (χ3n) is 6.19. The standard InChI is InChI=1S/C22H35N3O2/c1-24(19-9-6-4-3-5-7-10-19)22(26)23-16-18-13-14-25(17-18)20-11-8-12-21(15-20)27-2/h8,11-12,15,18-19H,3-7,9-10,13-14,16-17H2,1-2H3,(H,23,26). The number of rotatable bonds is 5. The second-order valence-electron chi connectivity index (χ2n) is 8.10. The Morgan fingerprint density at radius 1 is 1.19 bits per heavy atom. The van der Waals surface area contributed by atoms with Crippen LogP contribution in [0, 0.1) is 5.92 Å². The highest BCUT2D eigenvalue weighted by Gasteiger charge is 2.25. The lowest BCUT2D eigenvalue weighted by molar-refractivity contribution is 0.177. The van der Waals surface area contributed by atoms with Gasteiger partial charge in [-0.3, -0.25) is 0 Å². The first-order chi connectivity index (χ1) is 13.2. The van der Waals surface area contributed by atoms with Crippen molar-refractivity contribution < 1.29 is 9.53 Å². The number of anilines is 1. The van der Waals surface area contributed by atoms with Crippen LogP contribution in [0.2, 0.25) is 0 Å². The fourth-order valence-corrected chi connectivity index (χ4v) is 4.39. The minimum Gasteiger partial charge on any atom is -0.497 e. The van der Waals surface area contributed by atoms with Gasteiger partial charge in [-0.15, -0.1) is 0 Å². The maximum absolute atomic E-state index is 12.6. The van der Waals surface area contributed by atoms with Crippen LogP contribution in [-0.4, -0.2) is 50.8 Å². The van der Waals surface area contributed by atoms with Crippen LogP contribution < -0.4 is 15.0 Å². The van der Waals surface area contributed by atoms with Gasteiger partial charge >= 0.3 is 6.03 Å². The van der Waals surface area contributed by atoms with Crippen molar-refractivity contribution in [3.8, 4) is 5.75 Å². The molecule has 2 fully saturated rings. The molecule has 1 aromatic carbocycles. The number of benzene rings is 1. The van der Waals surface area contributed by atoms with Crippen LogP contribution in [0.25, 0.3) is 0 Å². The van der Waals surface area contributed by atoms with Crippen molar-refractivity contribution in [2.24, 2.45) is 5.92 Å². The lowest BCUT2D eigenvalue weighted by atomic mass is 9.96. The maximum Gasteiger partial charge on any atom is 0.317 e. The molecule has 1 aliphatic heterocycles. The van der Waals surface area contributed by atoms with Crippen LogP contribution in [0.3, 0.4) is 0 Å². The Bertz CT molecular complexity index is 599. The van der Waals surface area contributed by atoms with Crippen molar-refractivity contribution in [1.29, 1.82) is 0 Å². The molecule has 0 aromatic heterocycles. The summed E-state index contributed by atoms with van der Waals surface area (Å²) < 4.78 is 5.33. The van der Waals surface area contributed by atoms with E-state index in [0.29, 0.717) is 12.0 Å². The molecule has 0 radical (unpaired) electrons. The lowest BCUT2D eigenvalue weighted by Crippen LogP contribution is -2.45. The SMILES string of the molecule is COc1cccc(N2CCC(CNC(=O)N(C)C3CCCCCCC3)C2)c1. The van der Waals surface area contributed by atoms with Gasteiger partial charge in [-0.2, -0.15) is 0 Å². The molecule has 1 saturated heterocycles. The van der Waals surface area contributed by atoms with E-state index < -0.39 is 0 Å². The average molecular weight is 374 g/mol. The molecule has 5 heteroatoms. The molecular formula is C22H35N3O2. The molecule has 1 aromatic rings. The third-order valence-corrected chi connectivity index (χ3v) is 6.19. The quantitative estimate of drug-likeness (QED) is 0.838. The Balaban J connectivity index is 1.45. The number of carbonyl (C=O) groups is 1. The minimum absolute atomic E-state index is 0.0976. The Labute approximate surface area is 164 Å². The molecule has 27 heavy (non-hydrogen) atoms. The van der Waals surface area contributed by atoms with Crippen LogP contribution in [0.4, 0.5) is 10.5 Å². The molecule has 1 N–H and O–H groups in total. The summed E-state index contributed by atoms with van der Waals surface area (Å²) in [6, 6.07) is 8.73. The van der Waals surface area contributed by atoms with E-state index in [1.807, 2.05) is 24.1 Å². The first-order valence-electron chi connectivity index (χ1n) is 10.6. The van der Waals surface area contributed by atoms with Crippen molar-refractivity contribution in [1.82, 2.24) is 10.2 Å². The van der Waals surface area contributed by atoms with Crippen LogP contribution >= 0.6 is 0 Å². The summed E-state index contributed by atoms with van der Waals surface area (Å²) in [7, 11) is 3.67. The van der Waals surface area contributed by atoms with Gasteiger partial charge in [-0.25, -0.2) is 4.79 Å². The van der Waals surface area contributed by atoms with Crippen molar-refractivity contribution in [3.05, 3.63) is 24.3 Å². The number of methoxy groups -OCH3 is 1. The number of ether oxygens (including phenoxy) is 1. The highest BCUT2D eigenvalue weighted by atomic mass is 16.5. The van der Waals surface area contributed by atoms with Crippen molar-refractivity contribution >= 4 is 11.7 Å². The van der Waals surface area contributed by atoms with Gasteiger partial charge in [0.25, 0.3) is 0 Å². The number of hydrogen-bond donors (Lipinski definition) is 1. The Morgan fingerprint density at radius 2 is 1.93 bits per heavy atom. The first kappa shape index (κ1) is 19.8. The summed E-state index contributed by atoms with van der Waals surface area (Å²) in [6.07, 6.45) is 9.90. The third kappa shape index (κ3) is 5.53. The zero-order chi connectivity index (χ0) is 19.1. The molecule has 1 saturated carbocycles. The van der Waals surface area contributed by atoms with Gasteiger partial charge in [0.1, 0.15) is 5.75 Å². The molecule has 2 aliphatic rings. The predicted octanol–water partition coefficient (Wildman–Crippen LogP) is 4.28. The maximum atomic E-state index is 12.6. The molecule has 1 heterocycles. The van der Waals surface area contributed by atoms with Gasteiger partial charge in [0.15, 0.2) is 0 Å². The van der Waals surface area contributed by atoms with Crippen LogP contribution in [0.5, 0.6) is 5.75 Å². The fourth-order valence-electron chi connectivity index (χ4n) is 4.39. The fraction of sp³-hybridized carbons (Fsp3) is 0.682. The average Bonchev–Trinajstić information content (AvgIpc) is 3.14. The van der Waals surface area contributed by atoms with E-state index in [2.05, 4.69) is 22.3 Å². The van der Waals surface area contributed by atoms with Gasteiger partial charge < -0.3 is 19.9 Å². The van der Waals surface area contributed by atoms with Gasteiger partial charge in [-0.05, 0) is 37.3 Å². The zero-order valence-corrected chi connectivity index (χ0v) is 17.0. The summed E-state index contributed by atoms with van der Waals surface area (Å²) in [5.74, 6) is 1.40. The zero-order valence-electron chi connectivity index (χ0n) is 17.0. The van der Waals surface area contributed by atoms with Gasteiger partial charge in [0, 0.05) is 44.5 Å². The van der Waals surface area contributed by atoms with Gasteiger partial charge in [-0.1, -0.05) is 38.2 Å². The normalized spacial score (nSPS) is 21.4. The molecule has 1 unspecified atom stereocenters. The van der Waals surface area contributed by atoms with E-state index in [1.54, 1.807) is 7.11 Å². The number of urea groups is 1. The van der Waals surface area contributed by atoms with E-state index in [9.17, 15) is 4.79 Å². The first-order valence-corrected chi connectivity index (χ1v) is 10.6. The van der Waals surface area contributed by atoms with Crippen molar-refractivity contribution in [2.75, 3.05) is 38.7 Å². The number of nitrogens with zero attached hydrogens (tertiary/aromatic N) is 2. The molecule has 2 amide bonds.